The van der Waals surface area contributed by atoms with Crippen LogP contribution in [0.1, 0.15) is 64.1 Å². The van der Waals surface area contributed by atoms with E-state index in [2.05, 4.69) is 63.3 Å². The van der Waals surface area contributed by atoms with E-state index >= 15 is 4.79 Å². The number of ether oxygens (including phenoxy) is 5. The molecule has 348 valence electrons. The van der Waals surface area contributed by atoms with Crippen LogP contribution in [0.15, 0.2) is 84.1 Å². The SMILES string of the molecule is CC[C@]1(O)C[C@H]2CN(CCc3c([nH]c4ccc(-c5ccccc5)cc34)[C@@](C(=O)OC)(C3C=C4C(=CC3OC)N(C=O)[C@@]35O[C@]3(C(=O)OC)[C@H](OC(C)=O)[C@]3(CC)C=CCN6CC[C@]45[C@@H]63)C2)C1. The van der Waals surface area contributed by atoms with Gasteiger partial charge in [0, 0.05) is 79.9 Å². The summed E-state index contributed by atoms with van der Waals surface area (Å²) < 4.78 is 31.5. The number of allylic oxidation sites excluding steroid dienone is 1. The number of epoxide rings is 1. The Balaban J connectivity index is 1.19. The van der Waals surface area contributed by atoms with Gasteiger partial charge in [-0.3, -0.25) is 29.1 Å². The van der Waals surface area contributed by atoms with Crippen molar-refractivity contribution in [2.75, 3.05) is 54.1 Å². The Morgan fingerprint density at radius 3 is 2.45 bits per heavy atom. The number of nitrogens with one attached hydrogen (secondary N) is 1. The number of piperidine rings is 1. The molecule has 4 saturated heterocycles. The summed E-state index contributed by atoms with van der Waals surface area (Å²) >= 11 is 0. The first kappa shape index (κ1) is 43.5. The highest BCUT2D eigenvalue weighted by atomic mass is 16.7. The number of amides is 1. The molecule has 2 aliphatic carbocycles. The molecule has 6 aliphatic heterocycles. The van der Waals surface area contributed by atoms with Crippen molar-refractivity contribution >= 4 is 35.2 Å². The number of aromatic amines is 1. The van der Waals surface area contributed by atoms with Crippen molar-refractivity contribution in [3.8, 4) is 11.1 Å². The average molecular weight is 901 g/mol. The number of fused-ring (bicyclic) bond motifs is 6. The molecule has 14 nitrogen and oxygen atoms in total. The molecule has 12 atom stereocenters. The largest absolute Gasteiger partial charge is 0.468 e. The van der Waals surface area contributed by atoms with E-state index in [9.17, 15) is 19.5 Å². The highest BCUT2D eigenvalue weighted by Gasteiger charge is 3.00. The van der Waals surface area contributed by atoms with E-state index in [1.165, 1.54) is 26.0 Å². The molecule has 14 heteroatoms. The fourth-order valence-electron chi connectivity index (χ4n) is 15.1. The second-order valence-corrected chi connectivity index (χ2v) is 20.2. The Morgan fingerprint density at radius 1 is 0.970 bits per heavy atom. The third kappa shape index (κ3) is 5.30. The third-order valence-electron chi connectivity index (χ3n) is 17.5. The summed E-state index contributed by atoms with van der Waals surface area (Å²) in [6.45, 7) is 8.49. The van der Waals surface area contributed by atoms with Gasteiger partial charge in [0.05, 0.1) is 31.3 Å². The van der Waals surface area contributed by atoms with Gasteiger partial charge in [-0.1, -0.05) is 68.5 Å². The number of methoxy groups -OCH3 is 3. The van der Waals surface area contributed by atoms with Crippen molar-refractivity contribution in [3.05, 3.63) is 95.4 Å². The molecule has 2 bridgehead atoms. The number of aliphatic hydroxyl groups is 1. The molecule has 0 radical (unpaired) electrons. The van der Waals surface area contributed by atoms with Crippen molar-refractivity contribution in [3.63, 3.8) is 0 Å². The van der Waals surface area contributed by atoms with Crippen LogP contribution in [0.5, 0.6) is 0 Å². The van der Waals surface area contributed by atoms with Gasteiger partial charge in [0.15, 0.2) is 6.10 Å². The van der Waals surface area contributed by atoms with Crippen LogP contribution in [0.4, 0.5) is 0 Å². The van der Waals surface area contributed by atoms with Gasteiger partial charge in [0.25, 0.3) is 5.60 Å². The number of nitrogens with zero attached hydrogens (tertiary/aromatic N) is 3. The standard InChI is InChI=1S/C52H60N4O10/c1-7-47(61)26-32-27-49(45(59)63-5,42-35(17-21-54(28-32)29-47)36-23-34(15-16-39(36)53-42)33-13-10-9-11-14-33)38-24-37-40(25-41(38)62-4)56(30-57)52-50(37)19-22-55-20-12-18-48(8-2,43(50)55)44(65-31(3)58)51(52,66-52)46(60)64-6/h9-16,18,23-25,30,32,38,41,43-44,53,61H,7-8,17,19-22,26-29H2,1-6H3/t32-,38?,41?,43+,44-,47+,48-,49+,50-,51+,52+/m1/s1. The maximum absolute atomic E-state index is 15.7. The van der Waals surface area contributed by atoms with E-state index in [1.807, 2.05) is 38.1 Å². The van der Waals surface area contributed by atoms with E-state index in [1.54, 1.807) is 7.11 Å². The first-order chi connectivity index (χ1) is 31.8. The minimum Gasteiger partial charge on any atom is -0.468 e. The topological polar surface area (TPSA) is 163 Å². The minimum absolute atomic E-state index is 0.128. The molecule has 1 aromatic heterocycles. The van der Waals surface area contributed by atoms with Gasteiger partial charge in [-0.25, -0.2) is 4.79 Å². The Morgan fingerprint density at radius 2 is 1.76 bits per heavy atom. The maximum atomic E-state index is 15.7. The fraction of sp³-hybridized carbons (Fsp3) is 0.538. The molecule has 1 saturated carbocycles. The number of esters is 3. The van der Waals surface area contributed by atoms with E-state index < -0.39 is 75.2 Å². The van der Waals surface area contributed by atoms with Crippen LogP contribution in [0, 0.1) is 22.7 Å². The minimum atomic E-state index is -1.88. The maximum Gasteiger partial charge on any atom is 0.347 e. The molecule has 11 rings (SSSR count). The second kappa shape index (κ2) is 14.9. The molecule has 8 aliphatic rings. The van der Waals surface area contributed by atoms with Gasteiger partial charge >= 0.3 is 17.9 Å². The zero-order valence-corrected chi connectivity index (χ0v) is 38.6. The van der Waals surface area contributed by atoms with Crippen LogP contribution in [0.3, 0.4) is 0 Å². The summed E-state index contributed by atoms with van der Waals surface area (Å²) in [7, 11) is 4.35. The number of carbonyl (C=O) groups is 4. The van der Waals surface area contributed by atoms with Crippen LogP contribution in [-0.4, -0.2) is 138 Å². The number of H-pyrrole nitrogens is 1. The number of benzene rings is 2. The van der Waals surface area contributed by atoms with Crippen LogP contribution in [-0.2, 0) is 54.7 Å². The van der Waals surface area contributed by atoms with Gasteiger partial charge in [-0.15, -0.1) is 0 Å². The van der Waals surface area contributed by atoms with Crippen molar-refractivity contribution in [2.24, 2.45) is 22.7 Å². The molecule has 2 N–H and O–H groups in total. The van der Waals surface area contributed by atoms with Crippen LogP contribution >= 0.6 is 0 Å². The van der Waals surface area contributed by atoms with Crippen LogP contribution < -0.4 is 0 Å². The molecular formula is C52H60N4O10. The number of likely N-dealkylation sites (tertiary alicyclic amines) is 1. The lowest BCUT2D eigenvalue weighted by molar-refractivity contribution is -0.183. The zero-order chi connectivity index (χ0) is 46.2. The molecule has 7 heterocycles. The molecule has 1 amide bonds. The molecule has 2 spiro atoms. The van der Waals surface area contributed by atoms with E-state index in [4.69, 9.17) is 23.7 Å². The Kier molecular flexibility index (Phi) is 9.84. The van der Waals surface area contributed by atoms with Gasteiger partial charge in [-0.2, -0.15) is 0 Å². The van der Waals surface area contributed by atoms with Gasteiger partial charge in [0.1, 0.15) is 5.41 Å². The average Bonchev–Trinajstić information content (AvgIpc) is 3.55. The first-order valence-corrected chi connectivity index (χ1v) is 23.6. The lowest BCUT2D eigenvalue weighted by Gasteiger charge is -2.58. The number of rotatable bonds is 9. The van der Waals surface area contributed by atoms with E-state index in [0.29, 0.717) is 76.9 Å². The fourth-order valence-corrected chi connectivity index (χ4v) is 15.1. The van der Waals surface area contributed by atoms with E-state index in [-0.39, 0.29) is 5.92 Å². The summed E-state index contributed by atoms with van der Waals surface area (Å²) in [6.07, 6.45) is 10.0. The summed E-state index contributed by atoms with van der Waals surface area (Å²) in [5.74, 6) is -2.59. The molecular weight excluding hydrogens is 841 g/mol. The lowest BCUT2D eigenvalue weighted by Crippen LogP contribution is -2.74. The number of hydrogen-bond donors (Lipinski definition) is 2. The third-order valence-corrected chi connectivity index (χ3v) is 17.5. The number of carbonyl (C=O) groups excluding carboxylic acids is 4. The smallest absolute Gasteiger partial charge is 0.347 e. The predicted octanol–water partition coefficient (Wildman–Crippen LogP) is 5.19. The van der Waals surface area contributed by atoms with Crippen molar-refractivity contribution in [2.45, 2.75) is 99.9 Å². The zero-order valence-electron chi connectivity index (χ0n) is 38.6. The van der Waals surface area contributed by atoms with E-state index in [0.717, 1.165) is 45.3 Å². The Bertz CT molecular complexity index is 2640. The highest BCUT2D eigenvalue weighted by molar-refractivity contribution is 5.94. The molecule has 3 aromatic rings. The quantitative estimate of drug-likeness (QED) is 0.0952. The molecule has 5 fully saturated rings. The van der Waals surface area contributed by atoms with Gasteiger partial charge < -0.3 is 33.8 Å². The Labute approximate surface area is 384 Å². The van der Waals surface area contributed by atoms with Crippen LogP contribution in [0.2, 0.25) is 0 Å². The van der Waals surface area contributed by atoms with Gasteiger partial charge in [0.2, 0.25) is 12.1 Å². The predicted molar refractivity (Wildman–Crippen MR) is 242 cm³/mol. The second-order valence-electron chi connectivity index (χ2n) is 20.2. The van der Waals surface area contributed by atoms with Crippen molar-refractivity contribution < 1.29 is 48.0 Å². The Hall–Kier alpha value is -5.12. The van der Waals surface area contributed by atoms with Crippen molar-refractivity contribution in [1.29, 1.82) is 0 Å². The summed E-state index contributed by atoms with van der Waals surface area (Å²) in [6, 6.07) is 16.3. The lowest BCUT2D eigenvalue weighted by atomic mass is 9.48. The highest BCUT2D eigenvalue weighted by Crippen LogP contribution is 2.82. The van der Waals surface area contributed by atoms with Gasteiger partial charge in [-0.05, 0) is 91.5 Å². The first-order valence-electron chi connectivity index (χ1n) is 23.6. The summed E-state index contributed by atoms with van der Waals surface area (Å²) in [4.78, 5) is 67.6. The van der Waals surface area contributed by atoms with Crippen molar-refractivity contribution in [1.82, 2.24) is 19.7 Å². The normalized spacial score (nSPS) is 39.3. The molecule has 66 heavy (non-hydrogen) atoms. The monoisotopic (exact) mass is 900 g/mol. The number of aromatic nitrogens is 1. The molecule has 2 aromatic carbocycles. The van der Waals surface area contributed by atoms with Crippen LogP contribution in [0.25, 0.3) is 22.0 Å². The summed E-state index contributed by atoms with van der Waals surface area (Å²) in [5, 5.41) is 13.2. The summed E-state index contributed by atoms with van der Waals surface area (Å²) in [5.41, 5.74) is -1.81. The number of hydrogen-bond acceptors (Lipinski definition) is 12. The molecule has 3 unspecified atom stereocenters.